The van der Waals surface area contributed by atoms with Crippen LogP contribution in [0.4, 0.5) is 0 Å². The molecule has 6 atom stereocenters. The Hall–Kier alpha value is -4.04. The van der Waals surface area contributed by atoms with Crippen molar-refractivity contribution in [3.63, 3.8) is 0 Å². The van der Waals surface area contributed by atoms with Gasteiger partial charge in [0, 0.05) is 63.5 Å². The third-order valence-corrected chi connectivity index (χ3v) is 10.6. The topological polar surface area (TPSA) is 202 Å². The number of aliphatic hydroxyl groups is 1. The van der Waals surface area contributed by atoms with Crippen molar-refractivity contribution in [1.29, 1.82) is 0 Å². The number of rotatable bonds is 11. The van der Waals surface area contributed by atoms with Crippen molar-refractivity contribution in [3.05, 3.63) is 74.5 Å². The number of aliphatic carboxylic acids is 2. The predicted molar refractivity (Wildman–Crippen MR) is 174 cm³/mol. The van der Waals surface area contributed by atoms with E-state index in [1.165, 1.54) is 0 Å². The molecule has 0 aromatic carbocycles. The van der Waals surface area contributed by atoms with Crippen LogP contribution in [-0.2, 0) is 32.1 Å². The number of thioether (sulfide) groups is 1. The molecule has 4 saturated heterocycles. The number of H-pyrrole nitrogens is 2. The van der Waals surface area contributed by atoms with E-state index < -0.39 is 23.8 Å². The first-order chi connectivity index (χ1) is 22.0. The van der Waals surface area contributed by atoms with E-state index in [0.717, 1.165) is 51.0 Å². The van der Waals surface area contributed by atoms with Crippen LogP contribution in [0.5, 0.6) is 0 Å². The molecule has 4 aliphatic rings. The predicted octanol–water partition coefficient (Wildman–Crippen LogP) is 1.85. The van der Waals surface area contributed by atoms with Gasteiger partial charge in [0.2, 0.25) is 11.8 Å². The number of aromatic amines is 2. The molecule has 0 radical (unpaired) electrons. The van der Waals surface area contributed by atoms with E-state index in [4.69, 9.17) is 4.84 Å². The molecule has 4 aliphatic heterocycles. The summed E-state index contributed by atoms with van der Waals surface area (Å²) < 4.78 is 0. The Labute approximate surface area is 269 Å². The second kappa shape index (κ2) is 12.3. The number of aromatic nitrogens is 2. The number of carboxylic acid groups (broad SMARTS) is 2. The maximum Gasteiger partial charge on any atom is 0.303 e. The SMILES string of the molecule is C=CC1/C(=C\O)[C@@H](/C=c2/[nH]/c(=C/c3[nH]c(/C=C4\NC(=O)[C@H](C)[C@H]4[C@@H]4CS4)c(C)c3CCC(=O)O)c(CCC(=O)O)c2C)N[C@@]12NO2. The highest BCUT2D eigenvalue weighted by Gasteiger charge is 2.59. The number of allylic oxidation sites excluding steroid dienone is 1. The van der Waals surface area contributed by atoms with Gasteiger partial charge in [0.25, 0.3) is 0 Å². The fourth-order valence-corrected chi connectivity index (χ4v) is 7.76. The molecule has 6 heterocycles. The summed E-state index contributed by atoms with van der Waals surface area (Å²) in [6.07, 6.45) is 8.98. The van der Waals surface area contributed by atoms with Gasteiger partial charge < -0.3 is 30.6 Å². The average molecular weight is 650 g/mol. The number of hydrogen-bond acceptors (Lipinski definition) is 8. The zero-order valence-electron chi connectivity index (χ0n) is 25.9. The first kappa shape index (κ1) is 31.9. The van der Waals surface area contributed by atoms with Crippen molar-refractivity contribution in [2.45, 2.75) is 63.6 Å². The molecule has 46 heavy (non-hydrogen) atoms. The summed E-state index contributed by atoms with van der Waals surface area (Å²) in [6, 6.07) is -0.404. The molecule has 1 unspecified atom stereocenters. The van der Waals surface area contributed by atoms with Crippen molar-refractivity contribution in [2.75, 3.05) is 5.75 Å². The number of hydrogen-bond donors (Lipinski definition) is 8. The van der Waals surface area contributed by atoms with Crippen LogP contribution in [-0.4, -0.2) is 66.0 Å². The van der Waals surface area contributed by atoms with Crippen LogP contribution in [0.3, 0.4) is 0 Å². The van der Waals surface area contributed by atoms with E-state index >= 15 is 0 Å². The summed E-state index contributed by atoms with van der Waals surface area (Å²) in [5.74, 6) is -1.97. The molecule has 13 heteroatoms. The molecule has 4 fully saturated rings. The van der Waals surface area contributed by atoms with Crippen molar-refractivity contribution in [2.24, 2.45) is 17.8 Å². The lowest BCUT2D eigenvalue weighted by Crippen LogP contribution is -2.37. The fraction of sp³-hybridized carbons (Fsp3) is 0.424. The van der Waals surface area contributed by atoms with E-state index in [-0.39, 0.29) is 49.3 Å². The lowest BCUT2D eigenvalue weighted by Gasteiger charge is -2.12. The largest absolute Gasteiger partial charge is 0.516 e. The summed E-state index contributed by atoms with van der Waals surface area (Å²) in [5.41, 5.74) is 9.28. The first-order valence-corrected chi connectivity index (χ1v) is 16.4. The molecule has 1 amide bonds. The summed E-state index contributed by atoms with van der Waals surface area (Å²) in [7, 11) is 0. The van der Waals surface area contributed by atoms with Gasteiger partial charge in [-0.1, -0.05) is 13.0 Å². The highest BCUT2D eigenvalue weighted by atomic mass is 32.2. The van der Waals surface area contributed by atoms with Crippen LogP contribution in [0, 0.1) is 31.6 Å². The molecular formula is C33H39N5O7S. The Morgan fingerprint density at radius 1 is 1.04 bits per heavy atom. The maximum absolute atomic E-state index is 12.6. The Morgan fingerprint density at radius 2 is 1.72 bits per heavy atom. The standard InChI is InChI=1S/C33H39N5O7S/c1-5-21-20(13-39)26(37-33(21)38-45-33)10-22-15(2)18(6-8-29(40)41)24(34-22)12-25-19(7-9-30(42)43)16(3)23(35-25)11-27-31(28-14-46-28)17(4)32(44)36-27/h5,10-13,17,21,26,28,31,34-35,37-39H,1,6-9,14H2,2-4H3,(H,36,44)(H,40,41)(H,42,43)/b20-13+,22-10+,24-12+,27-11-/t17-,21?,26-,28+,31-,33-/m1/s1. The summed E-state index contributed by atoms with van der Waals surface area (Å²) >= 11 is 1.84. The maximum atomic E-state index is 12.6. The number of amides is 1. The van der Waals surface area contributed by atoms with Gasteiger partial charge in [-0.25, -0.2) is 0 Å². The fourth-order valence-electron chi connectivity index (χ4n) is 6.85. The minimum Gasteiger partial charge on any atom is -0.516 e. The number of carbonyl (C=O) groups excluding carboxylic acids is 1. The van der Waals surface area contributed by atoms with Crippen LogP contribution in [0.2, 0.25) is 0 Å². The van der Waals surface area contributed by atoms with Crippen LogP contribution in [0.15, 0.2) is 30.2 Å². The van der Waals surface area contributed by atoms with Crippen molar-refractivity contribution < 1.29 is 34.5 Å². The third kappa shape index (κ3) is 5.95. The number of hydroxylamine groups is 1. The second-order valence-electron chi connectivity index (χ2n) is 12.4. The normalized spacial score (nSPS) is 30.9. The smallest absolute Gasteiger partial charge is 0.303 e. The summed E-state index contributed by atoms with van der Waals surface area (Å²) in [5, 5.41) is 37.3. The molecule has 0 bridgehead atoms. The molecule has 0 aliphatic carbocycles. The van der Waals surface area contributed by atoms with Gasteiger partial charge in [0.1, 0.15) is 0 Å². The van der Waals surface area contributed by atoms with Gasteiger partial charge in [-0.05, 0) is 72.7 Å². The minimum atomic E-state index is -0.921. The zero-order valence-corrected chi connectivity index (χ0v) is 26.7. The average Bonchev–Trinajstić information content (AvgIpc) is 3.89. The van der Waals surface area contributed by atoms with Gasteiger partial charge in [-0.3, -0.25) is 24.5 Å². The van der Waals surface area contributed by atoms with Crippen LogP contribution >= 0.6 is 11.8 Å². The van der Waals surface area contributed by atoms with E-state index in [1.54, 1.807) is 6.08 Å². The second-order valence-corrected chi connectivity index (χ2v) is 13.7. The molecule has 2 aromatic heterocycles. The molecule has 2 aromatic rings. The monoisotopic (exact) mass is 649 g/mol. The molecule has 8 N–H and O–H groups in total. The van der Waals surface area contributed by atoms with Gasteiger partial charge in [-0.2, -0.15) is 17.2 Å². The Morgan fingerprint density at radius 3 is 2.30 bits per heavy atom. The van der Waals surface area contributed by atoms with Crippen molar-refractivity contribution in [3.8, 4) is 0 Å². The molecule has 1 spiro atoms. The van der Waals surface area contributed by atoms with Gasteiger partial charge >= 0.3 is 11.9 Å². The van der Waals surface area contributed by atoms with Crippen LogP contribution < -0.4 is 26.8 Å². The lowest BCUT2D eigenvalue weighted by molar-refractivity contribution is -0.138. The zero-order chi connectivity index (χ0) is 32.9. The first-order valence-electron chi connectivity index (χ1n) is 15.4. The third-order valence-electron chi connectivity index (χ3n) is 9.57. The van der Waals surface area contributed by atoms with E-state index in [1.807, 2.05) is 50.8 Å². The van der Waals surface area contributed by atoms with Crippen LogP contribution in [0.1, 0.15) is 53.4 Å². The highest BCUT2D eigenvalue weighted by molar-refractivity contribution is 8.06. The van der Waals surface area contributed by atoms with Crippen LogP contribution in [0.25, 0.3) is 18.2 Å². The molecule has 6 rings (SSSR count). The number of carbonyl (C=O) groups is 3. The molecule has 0 saturated carbocycles. The minimum absolute atomic E-state index is 0.00451. The Balaban J connectivity index is 1.45. The Kier molecular flexibility index (Phi) is 8.53. The summed E-state index contributed by atoms with van der Waals surface area (Å²) in [6.45, 7) is 9.69. The van der Waals surface area contributed by atoms with Gasteiger partial charge in [0.15, 0.2) is 0 Å². The van der Waals surface area contributed by atoms with E-state index in [9.17, 15) is 29.7 Å². The number of nitrogens with one attached hydrogen (secondary N) is 5. The lowest BCUT2D eigenvalue weighted by atomic mass is 9.91. The summed E-state index contributed by atoms with van der Waals surface area (Å²) in [4.78, 5) is 48.2. The molecule has 12 nitrogen and oxygen atoms in total. The van der Waals surface area contributed by atoms with Crippen molar-refractivity contribution >= 4 is 47.8 Å². The van der Waals surface area contributed by atoms with E-state index in [2.05, 4.69) is 32.7 Å². The quantitative estimate of drug-likeness (QED) is 0.101. The van der Waals surface area contributed by atoms with Gasteiger partial charge in [0.05, 0.1) is 18.2 Å². The number of aliphatic hydroxyl groups excluding tert-OH is 1. The molecular weight excluding hydrogens is 610 g/mol. The molecule has 244 valence electrons. The van der Waals surface area contributed by atoms with Crippen molar-refractivity contribution in [1.82, 2.24) is 26.1 Å². The highest BCUT2D eigenvalue weighted by Crippen LogP contribution is 2.46. The number of carboxylic acids is 2. The van der Waals surface area contributed by atoms with E-state index in [0.29, 0.717) is 21.9 Å². The Bertz CT molecular complexity index is 1800. The van der Waals surface area contributed by atoms with Gasteiger partial charge in [-0.15, -0.1) is 6.58 Å².